The molecule has 0 unspecified atom stereocenters. The number of hydrogen-bond acceptors (Lipinski definition) is 1. The van der Waals surface area contributed by atoms with E-state index in [-0.39, 0.29) is 14.9 Å². The van der Waals surface area contributed by atoms with Crippen LogP contribution in [0.15, 0.2) is 28.7 Å². The van der Waals surface area contributed by atoms with Gasteiger partial charge in [0.25, 0.3) is 0 Å². The molecular weight excluding hydrogens is 372 g/mol. The van der Waals surface area contributed by atoms with Gasteiger partial charge in [0, 0.05) is 18.2 Å². The summed E-state index contributed by atoms with van der Waals surface area (Å²) in [7, 11) is 0. The number of fused-ring (bicyclic) bond motifs is 1. The van der Waals surface area contributed by atoms with Gasteiger partial charge in [-0.15, -0.1) is 0 Å². The second kappa shape index (κ2) is 4.96. The Morgan fingerprint density at radius 2 is 1.57 bits per heavy atom. The topological polar surface area (TPSA) is 20.7 Å². The summed E-state index contributed by atoms with van der Waals surface area (Å²) in [6.45, 7) is 0. The Morgan fingerprint density at radius 1 is 0.952 bits per heavy atom. The molecule has 0 saturated heterocycles. The normalized spacial score (nSPS) is 11.3. The van der Waals surface area contributed by atoms with E-state index in [4.69, 9.17) is 12.2 Å². The Balaban J connectivity index is 2.37. The molecule has 0 aliphatic heterocycles. The number of hydrogen-bond donors (Lipinski definition) is 1. The third kappa shape index (κ3) is 2.28. The number of nitrogens with zero attached hydrogens (tertiary/aromatic N) is 1. The van der Waals surface area contributed by atoms with Crippen molar-refractivity contribution in [1.29, 1.82) is 0 Å². The van der Waals surface area contributed by atoms with E-state index in [1.807, 2.05) is 0 Å². The summed E-state index contributed by atoms with van der Waals surface area (Å²) in [6, 6.07) is 4.25. The van der Waals surface area contributed by atoms with Crippen LogP contribution in [0.4, 0.5) is 17.6 Å². The quantitative estimate of drug-likeness (QED) is 0.359. The highest BCUT2D eigenvalue weighted by molar-refractivity contribution is 9.10. The van der Waals surface area contributed by atoms with Crippen molar-refractivity contribution in [3.05, 3.63) is 56.8 Å². The van der Waals surface area contributed by atoms with Crippen LogP contribution in [0.5, 0.6) is 0 Å². The van der Waals surface area contributed by atoms with E-state index < -0.39 is 23.3 Å². The average Bonchev–Trinajstić information content (AvgIpc) is 2.71. The van der Waals surface area contributed by atoms with E-state index in [2.05, 4.69) is 20.9 Å². The van der Waals surface area contributed by atoms with Crippen molar-refractivity contribution in [1.82, 2.24) is 9.55 Å². The van der Waals surface area contributed by atoms with Gasteiger partial charge in [0.1, 0.15) is 5.82 Å². The molecule has 8 heteroatoms. The zero-order valence-corrected chi connectivity index (χ0v) is 12.5. The maximum atomic E-state index is 13.5. The predicted octanol–water partition coefficient (Wildman–Crippen LogP) is 5.01. The van der Waals surface area contributed by atoms with Crippen molar-refractivity contribution in [3.63, 3.8) is 0 Å². The van der Waals surface area contributed by atoms with Gasteiger partial charge in [0.2, 0.25) is 0 Å². The standard InChI is InChI=1S/C13H5BrF4N2S/c14-6-3-11-10(4-7(6)15)19-13(21)20(11)5-1-8(16)12(18)9(17)2-5/h1-4H,(H,19,21). The molecule has 3 rings (SSSR count). The molecule has 0 aliphatic carbocycles. The minimum Gasteiger partial charge on any atom is -0.330 e. The molecule has 1 N–H and O–H groups in total. The van der Waals surface area contributed by atoms with Crippen molar-refractivity contribution in [2.24, 2.45) is 0 Å². The van der Waals surface area contributed by atoms with Crippen molar-refractivity contribution in [2.45, 2.75) is 0 Å². The second-order valence-electron chi connectivity index (χ2n) is 4.27. The van der Waals surface area contributed by atoms with Crippen LogP contribution in [0.2, 0.25) is 0 Å². The third-order valence-corrected chi connectivity index (χ3v) is 3.84. The van der Waals surface area contributed by atoms with Crippen LogP contribution in [-0.2, 0) is 0 Å². The van der Waals surface area contributed by atoms with Crippen LogP contribution < -0.4 is 0 Å². The van der Waals surface area contributed by atoms with Crippen LogP contribution in [-0.4, -0.2) is 9.55 Å². The fraction of sp³-hybridized carbons (Fsp3) is 0. The lowest BCUT2D eigenvalue weighted by Crippen LogP contribution is -1.99. The number of H-pyrrole nitrogens is 1. The maximum absolute atomic E-state index is 13.5. The monoisotopic (exact) mass is 376 g/mol. The lowest BCUT2D eigenvalue weighted by atomic mass is 10.2. The number of imidazole rings is 1. The van der Waals surface area contributed by atoms with E-state index in [9.17, 15) is 17.6 Å². The van der Waals surface area contributed by atoms with Gasteiger partial charge in [-0.2, -0.15) is 0 Å². The molecule has 0 amide bonds. The SMILES string of the molecule is Fc1cc2[nH]c(=S)n(-c3cc(F)c(F)c(F)c3)c2cc1Br. The fourth-order valence-corrected chi connectivity index (χ4v) is 2.67. The number of halogens is 5. The zero-order chi connectivity index (χ0) is 15.3. The molecule has 0 radical (unpaired) electrons. The smallest absolute Gasteiger partial charge is 0.194 e. The van der Waals surface area contributed by atoms with Gasteiger partial charge < -0.3 is 4.98 Å². The fourth-order valence-electron chi connectivity index (χ4n) is 2.03. The van der Waals surface area contributed by atoms with Crippen molar-refractivity contribution >= 4 is 39.2 Å². The van der Waals surface area contributed by atoms with Gasteiger partial charge in [-0.05, 0) is 34.2 Å². The van der Waals surface area contributed by atoms with Crippen LogP contribution in [0, 0.1) is 28.0 Å². The van der Waals surface area contributed by atoms with E-state index in [0.29, 0.717) is 11.0 Å². The molecule has 2 aromatic carbocycles. The van der Waals surface area contributed by atoms with Gasteiger partial charge in [0.15, 0.2) is 22.2 Å². The number of rotatable bonds is 1. The van der Waals surface area contributed by atoms with Crippen molar-refractivity contribution < 1.29 is 17.6 Å². The van der Waals surface area contributed by atoms with E-state index in [0.717, 1.165) is 12.1 Å². The highest BCUT2D eigenvalue weighted by Gasteiger charge is 2.15. The summed E-state index contributed by atoms with van der Waals surface area (Å²) >= 11 is 8.10. The molecule has 21 heavy (non-hydrogen) atoms. The Labute approximate surface area is 129 Å². The molecule has 0 saturated carbocycles. The zero-order valence-electron chi connectivity index (χ0n) is 10.1. The molecule has 108 valence electrons. The summed E-state index contributed by atoms with van der Waals surface area (Å²) in [5.74, 6) is -4.73. The van der Waals surface area contributed by atoms with Crippen LogP contribution in [0.1, 0.15) is 0 Å². The average molecular weight is 377 g/mol. The predicted molar refractivity (Wildman–Crippen MR) is 76.0 cm³/mol. The highest BCUT2D eigenvalue weighted by Crippen LogP contribution is 2.27. The molecule has 1 heterocycles. The Hall–Kier alpha value is -1.67. The Bertz CT molecular complexity index is 909. The molecule has 3 aromatic rings. The molecule has 0 fully saturated rings. The van der Waals surface area contributed by atoms with E-state index in [1.165, 1.54) is 16.7 Å². The molecule has 0 bridgehead atoms. The van der Waals surface area contributed by atoms with Crippen LogP contribution >= 0.6 is 28.1 Å². The van der Waals surface area contributed by atoms with Crippen LogP contribution in [0.25, 0.3) is 16.7 Å². The first-order chi connectivity index (χ1) is 9.88. The lowest BCUT2D eigenvalue weighted by Gasteiger charge is -2.06. The van der Waals surface area contributed by atoms with E-state index >= 15 is 0 Å². The Morgan fingerprint density at radius 3 is 2.19 bits per heavy atom. The number of benzene rings is 2. The summed E-state index contributed by atoms with van der Waals surface area (Å²) in [5.41, 5.74) is 0.755. The van der Waals surface area contributed by atoms with Crippen molar-refractivity contribution in [3.8, 4) is 5.69 Å². The first-order valence-corrected chi connectivity index (χ1v) is 6.83. The minimum absolute atomic E-state index is 0.00107. The molecule has 1 aromatic heterocycles. The summed E-state index contributed by atoms with van der Waals surface area (Å²) < 4.78 is 54.8. The van der Waals surface area contributed by atoms with Gasteiger partial charge in [-0.25, -0.2) is 17.6 Å². The third-order valence-electron chi connectivity index (χ3n) is 2.95. The van der Waals surface area contributed by atoms with Gasteiger partial charge in [-0.3, -0.25) is 4.57 Å². The van der Waals surface area contributed by atoms with Crippen molar-refractivity contribution in [2.75, 3.05) is 0 Å². The summed E-state index contributed by atoms with van der Waals surface area (Å²) in [5, 5.41) is 0. The first kappa shape index (κ1) is 14.3. The number of aromatic amines is 1. The van der Waals surface area contributed by atoms with Crippen LogP contribution in [0.3, 0.4) is 0 Å². The van der Waals surface area contributed by atoms with Gasteiger partial charge in [-0.1, -0.05) is 0 Å². The highest BCUT2D eigenvalue weighted by atomic mass is 79.9. The molecule has 0 aliphatic rings. The maximum Gasteiger partial charge on any atom is 0.194 e. The summed E-state index contributed by atoms with van der Waals surface area (Å²) in [6.07, 6.45) is 0. The Kier molecular flexibility index (Phi) is 3.37. The molecular formula is C13H5BrF4N2S. The molecule has 0 atom stereocenters. The first-order valence-electron chi connectivity index (χ1n) is 5.63. The number of aromatic nitrogens is 2. The summed E-state index contributed by atoms with van der Waals surface area (Å²) in [4.78, 5) is 2.73. The number of nitrogens with one attached hydrogen (secondary N) is 1. The van der Waals surface area contributed by atoms with Gasteiger partial charge >= 0.3 is 0 Å². The minimum atomic E-state index is -1.56. The molecule has 0 spiro atoms. The largest absolute Gasteiger partial charge is 0.330 e. The second-order valence-corrected chi connectivity index (χ2v) is 5.51. The van der Waals surface area contributed by atoms with E-state index in [1.54, 1.807) is 0 Å². The van der Waals surface area contributed by atoms with Gasteiger partial charge in [0.05, 0.1) is 21.2 Å². The lowest BCUT2D eigenvalue weighted by molar-refractivity contribution is 0.446. The molecule has 2 nitrogen and oxygen atoms in total.